The van der Waals surface area contributed by atoms with Gasteiger partial charge in [-0.25, -0.2) is 4.99 Å². The molecule has 0 aliphatic carbocycles. The molecule has 1 heterocycles. The maximum atomic E-state index is 11.1. The van der Waals surface area contributed by atoms with E-state index in [9.17, 15) is 4.79 Å². The summed E-state index contributed by atoms with van der Waals surface area (Å²) in [6.45, 7) is 0.386. The molecular formula is C6H10N2O2. The van der Waals surface area contributed by atoms with Gasteiger partial charge in [0, 0.05) is 14.1 Å². The first-order valence-corrected chi connectivity index (χ1v) is 3.06. The van der Waals surface area contributed by atoms with Crippen molar-refractivity contribution in [3.8, 4) is 0 Å². The zero-order valence-electron chi connectivity index (χ0n) is 6.07. The highest BCUT2D eigenvalue weighted by Crippen LogP contribution is 2.00. The molecular weight excluding hydrogens is 132 g/mol. The molecule has 0 fully saturated rings. The molecule has 1 amide bonds. The summed E-state index contributed by atoms with van der Waals surface area (Å²) in [6.07, 6.45) is 1.33. The average molecular weight is 142 g/mol. The molecule has 0 spiro atoms. The van der Waals surface area contributed by atoms with Gasteiger partial charge in [0.25, 0.3) is 5.91 Å². The molecule has 1 aliphatic heterocycles. The second-order valence-corrected chi connectivity index (χ2v) is 2.34. The van der Waals surface area contributed by atoms with E-state index in [4.69, 9.17) is 4.74 Å². The zero-order valence-corrected chi connectivity index (χ0v) is 6.07. The fourth-order valence-corrected chi connectivity index (χ4v) is 0.727. The Bertz CT molecular complexity index is 165. The Morgan fingerprint density at radius 3 is 2.90 bits per heavy atom. The molecule has 10 heavy (non-hydrogen) atoms. The van der Waals surface area contributed by atoms with Crippen molar-refractivity contribution in [2.45, 2.75) is 6.04 Å². The maximum Gasteiger partial charge on any atom is 0.250 e. The third kappa shape index (κ3) is 1.26. The molecule has 56 valence electrons. The van der Waals surface area contributed by atoms with Crippen LogP contribution in [0.5, 0.6) is 0 Å². The van der Waals surface area contributed by atoms with Crippen molar-refractivity contribution < 1.29 is 9.53 Å². The van der Waals surface area contributed by atoms with E-state index >= 15 is 0 Å². The van der Waals surface area contributed by atoms with E-state index in [1.165, 1.54) is 11.3 Å². The largest absolute Gasteiger partial charge is 0.481 e. The van der Waals surface area contributed by atoms with Crippen LogP contribution in [0.3, 0.4) is 0 Å². The second kappa shape index (κ2) is 2.68. The van der Waals surface area contributed by atoms with E-state index in [0.29, 0.717) is 6.61 Å². The first-order chi connectivity index (χ1) is 4.72. The van der Waals surface area contributed by atoms with Crippen LogP contribution in [0.4, 0.5) is 0 Å². The van der Waals surface area contributed by atoms with E-state index < -0.39 is 0 Å². The molecule has 1 aliphatic rings. The predicted octanol–water partition coefficient (Wildman–Crippen LogP) is -0.498. The lowest BCUT2D eigenvalue weighted by Crippen LogP contribution is -2.33. The quantitative estimate of drug-likeness (QED) is 0.495. The topological polar surface area (TPSA) is 41.9 Å². The van der Waals surface area contributed by atoms with E-state index in [1.54, 1.807) is 14.1 Å². The Morgan fingerprint density at radius 1 is 1.80 bits per heavy atom. The number of carbonyl (C=O) groups is 1. The van der Waals surface area contributed by atoms with Gasteiger partial charge >= 0.3 is 0 Å². The Kier molecular flexibility index (Phi) is 1.89. The van der Waals surface area contributed by atoms with Crippen molar-refractivity contribution in [2.75, 3.05) is 20.7 Å². The standard InChI is InChI=1S/C6H10N2O2/c1-8(2)6(9)5-3-10-4-7-5/h4-5H,3H2,1-2H3. The van der Waals surface area contributed by atoms with Gasteiger partial charge in [-0.3, -0.25) is 4.79 Å². The van der Waals surface area contributed by atoms with Gasteiger partial charge < -0.3 is 9.64 Å². The summed E-state index contributed by atoms with van der Waals surface area (Å²) in [4.78, 5) is 16.4. The number of nitrogens with zero attached hydrogens (tertiary/aromatic N) is 2. The highest BCUT2D eigenvalue weighted by atomic mass is 16.5. The van der Waals surface area contributed by atoms with Crippen LogP contribution in [0, 0.1) is 0 Å². The smallest absolute Gasteiger partial charge is 0.250 e. The monoisotopic (exact) mass is 142 g/mol. The molecule has 1 rings (SSSR count). The van der Waals surface area contributed by atoms with Gasteiger partial charge in [-0.2, -0.15) is 0 Å². The molecule has 0 aromatic heterocycles. The van der Waals surface area contributed by atoms with Gasteiger partial charge in [0.2, 0.25) is 0 Å². The number of likely N-dealkylation sites (N-methyl/N-ethyl adjacent to an activating group) is 1. The number of aliphatic imine (C=N–C) groups is 1. The first kappa shape index (κ1) is 7.05. The van der Waals surface area contributed by atoms with E-state index in [2.05, 4.69) is 4.99 Å². The molecule has 1 unspecified atom stereocenters. The number of hydrogen-bond donors (Lipinski definition) is 0. The van der Waals surface area contributed by atoms with Gasteiger partial charge in [0.1, 0.15) is 6.61 Å². The minimum Gasteiger partial charge on any atom is -0.481 e. The summed E-state index contributed by atoms with van der Waals surface area (Å²) >= 11 is 0. The highest BCUT2D eigenvalue weighted by Gasteiger charge is 2.21. The molecule has 4 nitrogen and oxygen atoms in total. The Labute approximate surface area is 59.5 Å². The molecule has 0 aromatic rings. The van der Waals surface area contributed by atoms with Crippen LogP contribution in [-0.4, -0.2) is 44.0 Å². The molecule has 4 heteroatoms. The minimum atomic E-state index is -0.310. The third-order valence-corrected chi connectivity index (χ3v) is 1.30. The molecule has 0 aromatic carbocycles. The van der Waals surface area contributed by atoms with Gasteiger partial charge in [0.05, 0.1) is 0 Å². The number of hydrogen-bond acceptors (Lipinski definition) is 3. The Hall–Kier alpha value is -1.06. The Morgan fingerprint density at radius 2 is 2.50 bits per heavy atom. The molecule has 1 atom stereocenters. The maximum absolute atomic E-state index is 11.1. The predicted molar refractivity (Wildman–Crippen MR) is 36.9 cm³/mol. The normalized spacial score (nSPS) is 22.4. The van der Waals surface area contributed by atoms with Crippen molar-refractivity contribution in [3.05, 3.63) is 0 Å². The number of rotatable bonds is 1. The van der Waals surface area contributed by atoms with Gasteiger partial charge in [0.15, 0.2) is 12.4 Å². The van der Waals surface area contributed by atoms with Crippen LogP contribution in [-0.2, 0) is 9.53 Å². The van der Waals surface area contributed by atoms with E-state index in [-0.39, 0.29) is 11.9 Å². The van der Waals surface area contributed by atoms with Crippen molar-refractivity contribution in [3.63, 3.8) is 0 Å². The SMILES string of the molecule is CN(C)C(=O)C1COC=N1. The van der Waals surface area contributed by atoms with Crippen LogP contribution < -0.4 is 0 Å². The summed E-state index contributed by atoms with van der Waals surface area (Å²) < 4.78 is 4.79. The number of carbonyl (C=O) groups excluding carboxylic acids is 1. The summed E-state index contributed by atoms with van der Waals surface area (Å²) in [5.74, 6) is -0.00579. The summed E-state index contributed by atoms with van der Waals surface area (Å²) in [5.41, 5.74) is 0. The fraction of sp³-hybridized carbons (Fsp3) is 0.667. The molecule has 0 saturated carbocycles. The fourth-order valence-electron chi connectivity index (χ4n) is 0.727. The number of amides is 1. The molecule has 0 bridgehead atoms. The summed E-state index contributed by atoms with van der Waals surface area (Å²) in [6, 6.07) is -0.310. The second-order valence-electron chi connectivity index (χ2n) is 2.34. The van der Waals surface area contributed by atoms with Crippen molar-refractivity contribution >= 4 is 12.3 Å². The van der Waals surface area contributed by atoms with E-state index in [1.807, 2.05) is 0 Å². The third-order valence-electron chi connectivity index (χ3n) is 1.30. The first-order valence-electron chi connectivity index (χ1n) is 3.06. The van der Waals surface area contributed by atoms with Crippen molar-refractivity contribution in [1.82, 2.24) is 4.90 Å². The highest BCUT2D eigenvalue weighted by molar-refractivity contribution is 5.83. The molecule has 0 saturated heterocycles. The number of ether oxygens (including phenoxy) is 1. The summed E-state index contributed by atoms with van der Waals surface area (Å²) in [7, 11) is 3.41. The average Bonchev–Trinajstić information content (AvgIpc) is 2.36. The van der Waals surface area contributed by atoms with Crippen LogP contribution >= 0.6 is 0 Å². The lowest BCUT2D eigenvalue weighted by atomic mass is 10.3. The van der Waals surface area contributed by atoms with Crippen molar-refractivity contribution in [2.24, 2.45) is 4.99 Å². The van der Waals surface area contributed by atoms with Gasteiger partial charge in [-0.05, 0) is 0 Å². The Balaban J connectivity index is 2.49. The summed E-state index contributed by atoms with van der Waals surface area (Å²) in [5, 5.41) is 0. The molecule has 0 N–H and O–H groups in total. The molecule has 0 radical (unpaired) electrons. The van der Waals surface area contributed by atoms with Crippen LogP contribution in [0.25, 0.3) is 0 Å². The minimum absolute atomic E-state index is 0.00579. The lowest BCUT2D eigenvalue weighted by Gasteiger charge is -2.11. The zero-order chi connectivity index (χ0) is 7.56. The van der Waals surface area contributed by atoms with Crippen molar-refractivity contribution in [1.29, 1.82) is 0 Å². The van der Waals surface area contributed by atoms with Crippen LogP contribution in [0.2, 0.25) is 0 Å². The van der Waals surface area contributed by atoms with Crippen LogP contribution in [0.1, 0.15) is 0 Å². The van der Waals surface area contributed by atoms with Gasteiger partial charge in [-0.1, -0.05) is 0 Å². The van der Waals surface area contributed by atoms with Crippen LogP contribution in [0.15, 0.2) is 4.99 Å². The van der Waals surface area contributed by atoms with E-state index in [0.717, 1.165) is 0 Å². The van der Waals surface area contributed by atoms with Gasteiger partial charge in [-0.15, -0.1) is 0 Å². The lowest BCUT2D eigenvalue weighted by molar-refractivity contribution is -0.130.